The molecular formula is C11H14ClNO2S. The zero-order valence-corrected chi connectivity index (χ0v) is 10.6. The first-order valence-electron chi connectivity index (χ1n) is 4.97. The maximum Gasteiger partial charge on any atom is 0.306 e. The number of nitrogens with two attached hydrogens (primary N) is 1. The van der Waals surface area contributed by atoms with Gasteiger partial charge in [0.1, 0.15) is 0 Å². The molecule has 0 saturated carbocycles. The van der Waals surface area contributed by atoms with Gasteiger partial charge in [0.15, 0.2) is 0 Å². The lowest BCUT2D eigenvalue weighted by Gasteiger charge is -2.05. The molecule has 0 bridgehead atoms. The van der Waals surface area contributed by atoms with Gasteiger partial charge in [-0.05, 0) is 25.1 Å². The van der Waals surface area contributed by atoms with Crippen molar-refractivity contribution in [1.82, 2.24) is 0 Å². The lowest BCUT2D eigenvalue weighted by atomic mass is 10.3. The molecule has 0 aliphatic heterocycles. The van der Waals surface area contributed by atoms with Crippen molar-refractivity contribution in [2.75, 3.05) is 18.1 Å². The fourth-order valence-electron chi connectivity index (χ4n) is 1.11. The zero-order chi connectivity index (χ0) is 12.0. The summed E-state index contributed by atoms with van der Waals surface area (Å²) in [5.41, 5.74) is 6.45. The van der Waals surface area contributed by atoms with Crippen molar-refractivity contribution in [1.29, 1.82) is 0 Å². The van der Waals surface area contributed by atoms with E-state index in [0.29, 0.717) is 29.5 Å². The Morgan fingerprint density at radius 2 is 2.31 bits per heavy atom. The van der Waals surface area contributed by atoms with Crippen LogP contribution < -0.4 is 5.73 Å². The molecule has 0 unspecified atom stereocenters. The number of nitrogen functional groups attached to an aromatic ring is 1. The number of esters is 1. The van der Waals surface area contributed by atoms with E-state index in [-0.39, 0.29) is 5.97 Å². The number of carbonyl (C=O) groups is 1. The molecule has 0 amide bonds. The number of halogens is 1. The van der Waals surface area contributed by atoms with Crippen LogP contribution in [0.3, 0.4) is 0 Å². The normalized spacial score (nSPS) is 10.1. The molecule has 1 rings (SSSR count). The van der Waals surface area contributed by atoms with Gasteiger partial charge in [0, 0.05) is 21.4 Å². The molecule has 0 radical (unpaired) electrons. The molecule has 3 nitrogen and oxygen atoms in total. The Bertz CT molecular complexity index is 371. The van der Waals surface area contributed by atoms with Gasteiger partial charge in [0.05, 0.1) is 13.0 Å². The van der Waals surface area contributed by atoms with Gasteiger partial charge in [-0.2, -0.15) is 0 Å². The lowest BCUT2D eigenvalue weighted by molar-refractivity contribution is -0.142. The minimum absolute atomic E-state index is 0.185. The van der Waals surface area contributed by atoms with Crippen molar-refractivity contribution >= 4 is 35.0 Å². The Morgan fingerprint density at radius 3 is 3.00 bits per heavy atom. The number of hydrogen-bond donors (Lipinski definition) is 1. The Balaban J connectivity index is 2.42. The van der Waals surface area contributed by atoms with Crippen molar-refractivity contribution in [3.8, 4) is 0 Å². The third kappa shape index (κ3) is 4.33. The first kappa shape index (κ1) is 13.2. The van der Waals surface area contributed by atoms with Crippen molar-refractivity contribution in [2.24, 2.45) is 0 Å². The molecular weight excluding hydrogens is 246 g/mol. The SMILES string of the molecule is CCOC(=O)CCSc1cc(Cl)ccc1N. The monoisotopic (exact) mass is 259 g/mol. The summed E-state index contributed by atoms with van der Waals surface area (Å²) in [6.45, 7) is 2.21. The number of hydrogen-bond acceptors (Lipinski definition) is 4. The van der Waals surface area contributed by atoms with Crippen molar-refractivity contribution < 1.29 is 9.53 Å². The zero-order valence-electron chi connectivity index (χ0n) is 9.03. The van der Waals surface area contributed by atoms with Crippen LogP contribution in [0, 0.1) is 0 Å². The summed E-state index contributed by atoms with van der Waals surface area (Å²) in [5.74, 6) is 0.458. The standard InChI is InChI=1S/C11H14ClNO2S/c1-2-15-11(14)5-6-16-10-7-8(12)3-4-9(10)13/h3-4,7H,2,5-6,13H2,1H3. The molecule has 2 N–H and O–H groups in total. The largest absolute Gasteiger partial charge is 0.466 e. The van der Waals surface area contributed by atoms with E-state index < -0.39 is 0 Å². The molecule has 0 heterocycles. The first-order valence-corrected chi connectivity index (χ1v) is 6.33. The maximum absolute atomic E-state index is 11.1. The highest BCUT2D eigenvalue weighted by molar-refractivity contribution is 7.99. The Labute approximate surface area is 104 Å². The van der Waals surface area contributed by atoms with E-state index in [9.17, 15) is 4.79 Å². The van der Waals surface area contributed by atoms with Crippen LogP contribution in [0.25, 0.3) is 0 Å². The smallest absolute Gasteiger partial charge is 0.306 e. The lowest BCUT2D eigenvalue weighted by Crippen LogP contribution is -2.04. The van der Waals surface area contributed by atoms with Gasteiger partial charge in [-0.25, -0.2) is 0 Å². The Morgan fingerprint density at radius 1 is 1.56 bits per heavy atom. The van der Waals surface area contributed by atoms with Crippen molar-refractivity contribution in [3.05, 3.63) is 23.2 Å². The molecule has 0 saturated heterocycles. The molecule has 1 aromatic carbocycles. The van der Waals surface area contributed by atoms with E-state index in [1.54, 1.807) is 25.1 Å². The van der Waals surface area contributed by atoms with E-state index in [1.807, 2.05) is 0 Å². The van der Waals surface area contributed by atoms with Gasteiger partial charge >= 0.3 is 5.97 Å². The van der Waals surface area contributed by atoms with Crippen LogP contribution in [-0.2, 0) is 9.53 Å². The highest BCUT2D eigenvalue weighted by atomic mass is 35.5. The molecule has 0 aromatic heterocycles. The summed E-state index contributed by atoms with van der Waals surface area (Å²) >= 11 is 7.35. The van der Waals surface area contributed by atoms with Gasteiger partial charge in [-0.15, -0.1) is 11.8 Å². The molecule has 16 heavy (non-hydrogen) atoms. The van der Waals surface area contributed by atoms with Crippen LogP contribution >= 0.6 is 23.4 Å². The van der Waals surface area contributed by atoms with E-state index in [2.05, 4.69) is 0 Å². The fourth-order valence-corrected chi connectivity index (χ4v) is 2.28. The molecule has 0 spiro atoms. The molecule has 0 aliphatic carbocycles. The number of ether oxygens (including phenoxy) is 1. The van der Waals surface area contributed by atoms with Crippen LogP contribution in [0.4, 0.5) is 5.69 Å². The van der Waals surface area contributed by atoms with E-state index in [0.717, 1.165) is 4.90 Å². The first-order chi connectivity index (χ1) is 7.63. The Hall–Kier alpha value is -0.870. The molecule has 0 fully saturated rings. The second kappa shape index (κ2) is 6.66. The minimum atomic E-state index is -0.185. The van der Waals surface area contributed by atoms with Gasteiger partial charge < -0.3 is 10.5 Å². The predicted molar refractivity (Wildman–Crippen MR) is 67.8 cm³/mol. The Kier molecular flexibility index (Phi) is 5.49. The van der Waals surface area contributed by atoms with Gasteiger partial charge in [0.2, 0.25) is 0 Å². The second-order valence-electron chi connectivity index (χ2n) is 3.09. The number of anilines is 1. The third-order valence-corrected chi connectivity index (χ3v) is 3.15. The molecule has 0 aliphatic rings. The molecule has 88 valence electrons. The highest BCUT2D eigenvalue weighted by Gasteiger charge is 2.04. The van der Waals surface area contributed by atoms with Crippen LogP contribution in [0.15, 0.2) is 23.1 Å². The van der Waals surface area contributed by atoms with Gasteiger partial charge in [0.25, 0.3) is 0 Å². The average molecular weight is 260 g/mol. The third-order valence-electron chi connectivity index (χ3n) is 1.84. The highest BCUT2D eigenvalue weighted by Crippen LogP contribution is 2.28. The van der Waals surface area contributed by atoms with Gasteiger partial charge in [-0.3, -0.25) is 4.79 Å². The summed E-state index contributed by atoms with van der Waals surface area (Å²) in [7, 11) is 0. The second-order valence-corrected chi connectivity index (χ2v) is 4.66. The van der Waals surface area contributed by atoms with Crippen LogP contribution in [0.2, 0.25) is 5.02 Å². The van der Waals surface area contributed by atoms with Crippen molar-refractivity contribution in [2.45, 2.75) is 18.2 Å². The predicted octanol–water partition coefficient (Wildman–Crippen LogP) is 2.97. The summed E-state index contributed by atoms with van der Waals surface area (Å²) in [6, 6.07) is 5.30. The number of rotatable bonds is 5. The number of carbonyl (C=O) groups excluding carboxylic acids is 1. The van der Waals surface area contributed by atoms with Crippen molar-refractivity contribution in [3.63, 3.8) is 0 Å². The van der Waals surface area contributed by atoms with Crippen LogP contribution in [-0.4, -0.2) is 18.3 Å². The van der Waals surface area contributed by atoms with E-state index in [1.165, 1.54) is 11.8 Å². The summed E-state index contributed by atoms with van der Waals surface area (Å²) in [6.07, 6.45) is 0.379. The molecule has 1 aromatic rings. The van der Waals surface area contributed by atoms with Gasteiger partial charge in [-0.1, -0.05) is 11.6 Å². The molecule has 0 atom stereocenters. The average Bonchev–Trinajstić information content (AvgIpc) is 2.23. The summed E-state index contributed by atoms with van der Waals surface area (Å²) < 4.78 is 4.82. The summed E-state index contributed by atoms with van der Waals surface area (Å²) in [4.78, 5) is 12.0. The summed E-state index contributed by atoms with van der Waals surface area (Å²) in [5, 5.41) is 0.646. The minimum Gasteiger partial charge on any atom is -0.466 e. The molecule has 5 heteroatoms. The number of benzene rings is 1. The van der Waals surface area contributed by atoms with Crippen LogP contribution in [0.1, 0.15) is 13.3 Å². The fraction of sp³-hybridized carbons (Fsp3) is 0.364. The van der Waals surface area contributed by atoms with Crippen LogP contribution in [0.5, 0.6) is 0 Å². The quantitative estimate of drug-likeness (QED) is 0.502. The number of thioether (sulfide) groups is 1. The van der Waals surface area contributed by atoms with E-state index in [4.69, 9.17) is 22.1 Å². The topological polar surface area (TPSA) is 52.3 Å². The maximum atomic E-state index is 11.1. The van der Waals surface area contributed by atoms with E-state index >= 15 is 0 Å².